The number of halogens is 1. The Hall–Kier alpha value is -0.400. The van der Waals surface area contributed by atoms with Crippen molar-refractivity contribution >= 4 is 18.3 Å². The maximum atomic E-state index is 11.7. The third-order valence-corrected chi connectivity index (χ3v) is 3.68. The Morgan fingerprint density at radius 2 is 2.10 bits per heavy atom. The van der Waals surface area contributed by atoms with Gasteiger partial charge in [-0.25, -0.2) is 0 Å². The van der Waals surface area contributed by atoms with E-state index in [4.69, 9.17) is 14.2 Å². The zero-order valence-corrected chi connectivity index (χ0v) is 13.3. The number of rotatable bonds is 7. The van der Waals surface area contributed by atoms with Crippen molar-refractivity contribution in [3.05, 3.63) is 0 Å². The van der Waals surface area contributed by atoms with Crippen LogP contribution >= 0.6 is 12.4 Å². The summed E-state index contributed by atoms with van der Waals surface area (Å²) in [6.07, 6.45) is 2.70. The summed E-state index contributed by atoms with van der Waals surface area (Å²) in [7, 11) is 0. The van der Waals surface area contributed by atoms with E-state index in [1.54, 1.807) is 0 Å². The number of nitrogens with one attached hydrogen (secondary N) is 2. The first-order valence-electron chi connectivity index (χ1n) is 7.62. The number of ether oxygens (including phenoxy) is 3. The smallest absolute Gasteiger partial charge is 0.250 e. The maximum absolute atomic E-state index is 11.7. The highest BCUT2D eigenvalue weighted by Crippen LogP contribution is 2.14. The second-order valence-electron chi connectivity index (χ2n) is 5.34. The second kappa shape index (κ2) is 11.2. The molecule has 21 heavy (non-hydrogen) atoms. The van der Waals surface area contributed by atoms with Crippen molar-refractivity contribution in [3.63, 3.8) is 0 Å². The molecule has 2 fully saturated rings. The average molecular weight is 323 g/mol. The van der Waals surface area contributed by atoms with Gasteiger partial charge < -0.3 is 24.8 Å². The Bertz CT molecular complexity index is 282. The van der Waals surface area contributed by atoms with Gasteiger partial charge in [-0.3, -0.25) is 4.79 Å². The molecule has 0 aliphatic carbocycles. The second-order valence-corrected chi connectivity index (χ2v) is 5.34. The average Bonchev–Trinajstić information content (AvgIpc) is 2.52. The van der Waals surface area contributed by atoms with Crippen molar-refractivity contribution < 1.29 is 19.0 Å². The first-order valence-corrected chi connectivity index (χ1v) is 7.62. The minimum absolute atomic E-state index is 0. The molecule has 124 valence electrons. The Kier molecular flexibility index (Phi) is 9.95. The Morgan fingerprint density at radius 3 is 2.81 bits per heavy atom. The molecule has 2 rings (SSSR count). The molecule has 1 amide bonds. The van der Waals surface area contributed by atoms with E-state index in [0.717, 1.165) is 45.6 Å². The van der Waals surface area contributed by atoms with Crippen LogP contribution in [0.3, 0.4) is 0 Å². The lowest BCUT2D eigenvalue weighted by atomic mass is 10.0. The molecule has 0 aromatic heterocycles. The molecule has 2 N–H and O–H groups in total. The lowest BCUT2D eigenvalue weighted by molar-refractivity contribution is -0.134. The van der Waals surface area contributed by atoms with Crippen LogP contribution in [0.25, 0.3) is 0 Å². The lowest BCUT2D eigenvalue weighted by Crippen LogP contribution is -2.48. The van der Waals surface area contributed by atoms with Gasteiger partial charge in [-0.2, -0.15) is 0 Å². The molecule has 0 bridgehead atoms. The first-order chi connectivity index (χ1) is 9.86. The normalized spacial score (nSPS) is 23.3. The van der Waals surface area contributed by atoms with Crippen molar-refractivity contribution in [2.24, 2.45) is 5.92 Å². The summed E-state index contributed by atoms with van der Waals surface area (Å²) in [4.78, 5) is 11.7. The van der Waals surface area contributed by atoms with E-state index in [-0.39, 0.29) is 24.4 Å². The zero-order valence-electron chi connectivity index (χ0n) is 12.5. The van der Waals surface area contributed by atoms with E-state index >= 15 is 0 Å². The van der Waals surface area contributed by atoms with Crippen LogP contribution < -0.4 is 10.6 Å². The van der Waals surface area contributed by atoms with Gasteiger partial charge >= 0.3 is 0 Å². The molecule has 0 aromatic rings. The Morgan fingerprint density at radius 1 is 1.29 bits per heavy atom. The van der Waals surface area contributed by atoms with E-state index in [0.29, 0.717) is 32.2 Å². The van der Waals surface area contributed by atoms with Gasteiger partial charge in [0, 0.05) is 46.1 Å². The summed E-state index contributed by atoms with van der Waals surface area (Å²) in [5.41, 5.74) is 0. The highest BCUT2D eigenvalue weighted by molar-refractivity contribution is 5.85. The van der Waals surface area contributed by atoms with Crippen LogP contribution in [0, 0.1) is 5.92 Å². The van der Waals surface area contributed by atoms with Crippen molar-refractivity contribution in [2.45, 2.75) is 25.4 Å². The molecule has 2 heterocycles. The topological polar surface area (TPSA) is 68.8 Å². The van der Waals surface area contributed by atoms with Crippen LogP contribution in [0.5, 0.6) is 0 Å². The number of carbonyl (C=O) groups excluding carboxylic acids is 1. The fraction of sp³-hybridized carbons (Fsp3) is 0.929. The van der Waals surface area contributed by atoms with Gasteiger partial charge in [-0.05, 0) is 25.2 Å². The van der Waals surface area contributed by atoms with Crippen LogP contribution in [-0.2, 0) is 19.0 Å². The predicted molar refractivity (Wildman–Crippen MR) is 81.8 cm³/mol. The van der Waals surface area contributed by atoms with Crippen molar-refractivity contribution in [3.8, 4) is 0 Å². The van der Waals surface area contributed by atoms with Crippen molar-refractivity contribution in [2.75, 3.05) is 52.7 Å². The molecule has 1 unspecified atom stereocenters. The molecule has 1 atom stereocenters. The van der Waals surface area contributed by atoms with Crippen LogP contribution in [0.15, 0.2) is 0 Å². The Labute approximate surface area is 132 Å². The number of amides is 1. The molecule has 0 spiro atoms. The fourth-order valence-corrected chi connectivity index (χ4v) is 2.40. The summed E-state index contributed by atoms with van der Waals surface area (Å²) in [5, 5.41) is 6.03. The molecule has 0 saturated carbocycles. The standard InChI is InChI=1S/C14H26N2O4.ClH/c17-14(13-10-15-5-9-20-13)16-4-1-6-19-11-12-2-7-18-8-3-12;/h12-13,15H,1-11H2,(H,16,17);1H. The molecule has 2 aliphatic rings. The highest BCUT2D eigenvalue weighted by atomic mass is 35.5. The highest BCUT2D eigenvalue weighted by Gasteiger charge is 2.20. The van der Waals surface area contributed by atoms with Crippen molar-refractivity contribution in [1.29, 1.82) is 0 Å². The first kappa shape index (κ1) is 18.6. The Balaban J connectivity index is 0.00000220. The van der Waals surface area contributed by atoms with Gasteiger partial charge in [0.25, 0.3) is 0 Å². The van der Waals surface area contributed by atoms with E-state index in [2.05, 4.69) is 10.6 Å². The SMILES string of the molecule is Cl.O=C(NCCCOCC1CCOCC1)C1CNCCO1. The number of morpholine rings is 1. The van der Waals surface area contributed by atoms with Gasteiger partial charge in [0.1, 0.15) is 6.10 Å². The third kappa shape index (κ3) is 7.42. The number of hydrogen-bond donors (Lipinski definition) is 2. The van der Waals surface area contributed by atoms with Crippen LogP contribution in [0.4, 0.5) is 0 Å². The van der Waals surface area contributed by atoms with E-state index in [9.17, 15) is 4.79 Å². The quantitative estimate of drug-likeness (QED) is 0.662. The van der Waals surface area contributed by atoms with E-state index in [1.807, 2.05) is 0 Å². The lowest BCUT2D eigenvalue weighted by Gasteiger charge is -2.23. The van der Waals surface area contributed by atoms with Crippen molar-refractivity contribution in [1.82, 2.24) is 10.6 Å². The van der Waals surface area contributed by atoms with Gasteiger partial charge in [-0.15, -0.1) is 12.4 Å². The largest absolute Gasteiger partial charge is 0.381 e. The zero-order chi connectivity index (χ0) is 14.0. The van der Waals surface area contributed by atoms with E-state index in [1.165, 1.54) is 0 Å². The number of carbonyl (C=O) groups is 1. The van der Waals surface area contributed by atoms with Gasteiger partial charge in [0.2, 0.25) is 5.91 Å². The summed E-state index contributed by atoms with van der Waals surface area (Å²) >= 11 is 0. The van der Waals surface area contributed by atoms with Crippen LogP contribution in [0.2, 0.25) is 0 Å². The third-order valence-electron chi connectivity index (χ3n) is 3.68. The molecule has 2 aliphatic heterocycles. The predicted octanol–water partition coefficient (Wildman–Crippen LogP) is 0.346. The van der Waals surface area contributed by atoms with Crippen LogP contribution in [-0.4, -0.2) is 64.7 Å². The molecular weight excluding hydrogens is 296 g/mol. The summed E-state index contributed by atoms with van der Waals surface area (Å²) in [5.74, 6) is 0.613. The van der Waals surface area contributed by atoms with Gasteiger partial charge in [-0.1, -0.05) is 0 Å². The van der Waals surface area contributed by atoms with Crippen LogP contribution in [0.1, 0.15) is 19.3 Å². The van der Waals surface area contributed by atoms with Gasteiger partial charge in [0.05, 0.1) is 6.61 Å². The summed E-state index contributed by atoms with van der Waals surface area (Å²) in [6.45, 7) is 5.90. The summed E-state index contributed by atoms with van der Waals surface area (Å²) in [6, 6.07) is 0. The molecule has 2 saturated heterocycles. The molecule has 7 heteroatoms. The summed E-state index contributed by atoms with van der Waals surface area (Å²) < 4.78 is 16.3. The fourth-order valence-electron chi connectivity index (χ4n) is 2.40. The molecular formula is C14H27ClN2O4. The minimum Gasteiger partial charge on any atom is -0.381 e. The van der Waals surface area contributed by atoms with E-state index < -0.39 is 0 Å². The maximum Gasteiger partial charge on any atom is 0.250 e. The molecule has 0 radical (unpaired) electrons. The monoisotopic (exact) mass is 322 g/mol. The van der Waals surface area contributed by atoms with Gasteiger partial charge in [0.15, 0.2) is 0 Å². The molecule has 0 aromatic carbocycles. The molecule has 6 nitrogen and oxygen atoms in total. The number of hydrogen-bond acceptors (Lipinski definition) is 5. The minimum atomic E-state index is -0.341.